The minimum absolute atomic E-state index is 0.691. The summed E-state index contributed by atoms with van der Waals surface area (Å²) in [5.41, 5.74) is 2.12. The van der Waals surface area contributed by atoms with Crippen molar-refractivity contribution in [3.05, 3.63) is 47.7 Å². The van der Waals surface area contributed by atoms with E-state index in [9.17, 15) is 0 Å². The van der Waals surface area contributed by atoms with Crippen LogP contribution in [0.15, 0.2) is 34.9 Å². The first-order valence-corrected chi connectivity index (χ1v) is 6.02. The fourth-order valence-corrected chi connectivity index (χ4v) is 1.76. The van der Waals surface area contributed by atoms with Crippen LogP contribution in [0.3, 0.4) is 0 Å². The number of methoxy groups -OCH3 is 1. The van der Waals surface area contributed by atoms with Crippen molar-refractivity contribution in [1.82, 2.24) is 10.3 Å². The van der Waals surface area contributed by atoms with Gasteiger partial charge in [-0.1, -0.05) is 12.1 Å². The Bertz CT molecular complexity index is 494. The molecular formula is C14H18N2O2. The molecule has 1 aromatic heterocycles. The molecule has 0 aliphatic carbocycles. The number of likely N-dealkylation sites (N-methyl/N-ethyl adjacent to an activating group) is 1. The van der Waals surface area contributed by atoms with Crippen LogP contribution in [0.2, 0.25) is 0 Å². The van der Waals surface area contributed by atoms with Crippen molar-refractivity contribution in [2.75, 3.05) is 20.7 Å². The molecule has 0 radical (unpaired) electrons. The molecule has 0 unspecified atom stereocenters. The summed E-state index contributed by atoms with van der Waals surface area (Å²) in [6.07, 6.45) is 3.31. The normalized spacial score (nSPS) is 10.6. The average molecular weight is 246 g/mol. The number of hydrogen-bond donors (Lipinski definition) is 1. The number of rotatable bonds is 6. The summed E-state index contributed by atoms with van der Waals surface area (Å²) >= 11 is 0. The molecule has 0 bridgehead atoms. The van der Waals surface area contributed by atoms with Crippen molar-refractivity contribution in [1.29, 1.82) is 0 Å². The minimum atomic E-state index is 0.691. The van der Waals surface area contributed by atoms with E-state index in [1.54, 1.807) is 13.4 Å². The monoisotopic (exact) mass is 246 g/mol. The summed E-state index contributed by atoms with van der Waals surface area (Å²) in [5, 5.41) is 3.09. The van der Waals surface area contributed by atoms with Crippen LogP contribution in [-0.2, 0) is 12.8 Å². The lowest BCUT2D eigenvalue weighted by molar-refractivity contribution is 0.414. The summed E-state index contributed by atoms with van der Waals surface area (Å²) in [6.45, 7) is 0.908. The predicted molar refractivity (Wildman–Crippen MR) is 69.9 cm³/mol. The third kappa shape index (κ3) is 3.34. The van der Waals surface area contributed by atoms with Gasteiger partial charge in [0.15, 0.2) is 5.89 Å². The maximum Gasteiger partial charge on any atom is 0.198 e. The molecule has 96 valence electrons. The summed E-state index contributed by atoms with van der Waals surface area (Å²) in [4.78, 5) is 4.45. The molecule has 0 spiro atoms. The van der Waals surface area contributed by atoms with Crippen LogP contribution in [0, 0.1) is 0 Å². The van der Waals surface area contributed by atoms with Gasteiger partial charge in [0.05, 0.1) is 12.8 Å². The molecule has 0 saturated carbocycles. The van der Waals surface area contributed by atoms with Crippen LogP contribution < -0.4 is 10.1 Å². The Hall–Kier alpha value is -1.81. The lowest BCUT2D eigenvalue weighted by atomic mass is 10.1. The molecule has 2 rings (SSSR count). The highest BCUT2D eigenvalue weighted by atomic mass is 16.5. The predicted octanol–water partition coefficient (Wildman–Crippen LogP) is 2.04. The van der Waals surface area contributed by atoms with E-state index in [0.717, 1.165) is 35.9 Å². The second-order valence-electron chi connectivity index (χ2n) is 4.11. The third-order valence-electron chi connectivity index (χ3n) is 2.72. The van der Waals surface area contributed by atoms with Crippen LogP contribution in [0.5, 0.6) is 5.75 Å². The molecule has 0 aliphatic rings. The average Bonchev–Trinajstić information content (AvgIpc) is 2.84. The number of nitrogens with one attached hydrogen (secondary N) is 1. The number of oxazole rings is 1. The summed E-state index contributed by atoms with van der Waals surface area (Å²) in [5.74, 6) is 1.60. The second kappa shape index (κ2) is 6.21. The van der Waals surface area contributed by atoms with Gasteiger partial charge in [-0.25, -0.2) is 4.98 Å². The second-order valence-corrected chi connectivity index (χ2v) is 4.11. The maximum atomic E-state index is 5.46. The lowest BCUT2D eigenvalue weighted by Gasteiger charge is -2.01. The topological polar surface area (TPSA) is 47.3 Å². The van der Waals surface area contributed by atoms with Crippen molar-refractivity contribution in [2.24, 2.45) is 0 Å². The van der Waals surface area contributed by atoms with E-state index in [-0.39, 0.29) is 0 Å². The zero-order valence-electron chi connectivity index (χ0n) is 10.8. The molecule has 2 aromatic rings. The van der Waals surface area contributed by atoms with E-state index in [0.29, 0.717) is 6.42 Å². The van der Waals surface area contributed by atoms with Gasteiger partial charge >= 0.3 is 0 Å². The van der Waals surface area contributed by atoms with Crippen LogP contribution >= 0.6 is 0 Å². The standard InChI is InChI=1S/C14H18N2O2/c1-15-7-6-12-10-18-14(16-12)9-11-4-3-5-13(8-11)17-2/h3-5,8,10,15H,6-7,9H2,1-2H3. The molecule has 1 heterocycles. The van der Waals surface area contributed by atoms with Gasteiger partial charge in [0, 0.05) is 19.4 Å². The van der Waals surface area contributed by atoms with Crippen LogP contribution in [-0.4, -0.2) is 25.7 Å². The van der Waals surface area contributed by atoms with Crippen molar-refractivity contribution in [3.8, 4) is 5.75 Å². The van der Waals surface area contributed by atoms with E-state index >= 15 is 0 Å². The van der Waals surface area contributed by atoms with E-state index < -0.39 is 0 Å². The Morgan fingerprint density at radius 1 is 1.39 bits per heavy atom. The lowest BCUT2D eigenvalue weighted by Crippen LogP contribution is -2.10. The summed E-state index contributed by atoms with van der Waals surface area (Å²) in [7, 11) is 3.59. The highest BCUT2D eigenvalue weighted by Crippen LogP contribution is 2.16. The first-order valence-electron chi connectivity index (χ1n) is 6.02. The highest BCUT2D eigenvalue weighted by Gasteiger charge is 2.05. The van der Waals surface area contributed by atoms with Gasteiger partial charge in [0.2, 0.25) is 0 Å². The van der Waals surface area contributed by atoms with Gasteiger partial charge in [-0.05, 0) is 24.7 Å². The zero-order valence-corrected chi connectivity index (χ0v) is 10.8. The zero-order chi connectivity index (χ0) is 12.8. The molecular weight excluding hydrogens is 228 g/mol. The maximum absolute atomic E-state index is 5.46. The van der Waals surface area contributed by atoms with Gasteiger partial charge < -0.3 is 14.5 Å². The van der Waals surface area contributed by atoms with Gasteiger partial charge in [0.1, 0.15) is 12.0 Å². The summed E-state index contributed by atoms with van der Waals surface area (Å²) < 4.78 is 10.7. The van der Waals surface area contributed by atoms with Gasteiger partial charge in [-0.3, -0.25) is 0 Å². The number of nitrogens with zero attached hydrogens (tertiary/aromatic N) is 1. The molecule has 0 saturated heterocycles. The number of aromatic nitrogens is 1. The Morgan fingerprint density at radius 3 is 3.06 bits per heavy atom. The quantitative estimate of drug-likeness (QED) is 0.847. The van der Waals surface area contributed by atoms with E-state index in [1.807, 2.05) is 31.3 Å². The largest absolute Gasteiger partial charge is 0.497 e. The Morgan fingerprint density at radius 2 is 2.28 bits per heavy atom. The molecule has 4 nitrogen and oxygen atoms in total. The number of hydrogen-bond acceptors (Lipinski definition) is 4. The van der Waals surface area contributed by atoms with Crippen molar-refractivity contribution >= 4 is 0 Å². The Labute approximate surface area is 107 Å². The van der Waals surface area contributed by atoms with Crippen molar-refractivity contribution < 1.29 is 9.15 Å². The molecule has 1 aromatic carbocycles. The molecule has 0 fully saturated rings. The smallest absolute Gasteiger partial charge is 0.198 e. The molecule has 18 heavy (non-hydrogen) atoms. The fourth-order valence-electron chi connectivity index (χ4n) is 1.76. The van der Waals surface area contributed by atoms with E-state index in [1.165, 1.54) is 0 Å². The van der Waals surface area contributed by atoms with Gasteiger partial charge in [0.25, 0.3) is 0 Å². The molecule has 0 amide bonds. The van der Waals surface area contributed by atoms with E-state index in [4.69, 9.17) is 9.15 Å². The molecule has 0 aliphatic heterocycles. The number of benzene rings is 1. The molecule has 1 N–H and O–H groups in total. The highest BCUT2D eigenvalue weighted by molar-refractivity contribution is 5.29. The molecule has 0 atom stereocenters. The minimum Gasteiger partial charge on any atom is -0.497 e. The van der Waals surface area contributed by atoms with Crippen LogP contribution in [0.25, 0.3) is 0 Å². The number of ether oxygens (including phenoxy) is 1. The van der Waals surface area contributed by atoms with Crippen LogP contribution in [0.1, 0.15) is 17.1 Å². The SMILES string of the molecule is CNCCc1coc(Cc2cccc(OC)c2)n1. The van der Waals surface area contributed by atoms with E-state index in [2.05, 4.69) is 10.3 Å². The third-order valence-corrected chi connectivity index (χ3v) is 2.72. The Kier molecular flexibility index (Phi) is 4.36. The first-order chi connectivity index (χ1) is 8.81. The summed E-state index contributed by atoms with van der Waals surface area (Å²) in [6, 6.07) is 7.94. The Balaban J connectivity index is 2.01. The first kappa shape index (κ1) is 12.6. The van der Waals surface area contributed by atoms with Gasteiger partial charge in [-0.15, -0.1) is 0 Å². The van der Waals surface area contributed by atoms with Crippen molar-refractivity contribution in [2.45, 2.75) is 12.8 Å². The van der Waals surface area contributed by atoms with Crippen molar-refractivity contribution in [3.63, 3.8) is 0 Å². The van der Waals surface area contributed by atoms with Gasteiger partial charge in [-0.2, -0.15) is 0 Å². The van der Waals surface area contributed by atoms with Crippen LogP contribution in [0.4, 0.5) is 0 Å². The molecule has 4 heteroatoms. The fraction of sp³-hybridized carbons (Fsp3) is 0.357.